The number of rotatable bonds is 5. The number of carbonyl (C=O) groups is 1. The van der Waals surface area contributed by atoms with Crippen molar-refractivity contribution in [3.63, 3.8) is 0 Å². The molecule has 0 saturated carbocycles. The zero-order valence-corrected chi connectivity index (χ0v) is 13.2. The first kappa shape index (κ1) is 16.0. The Hall–Kier alpha value is -2.34. The zero-order valence-electron chi connectivity index (χ0n) is 13.2. The Kier molecular flexibility index (Phi) is 4.82. The van der Waals surface area contributed by atoms with Crippen molar-refractivity contribution >= 4 is 5.97 Å². The second kappa shape index (κ2) is 6.62. The van der Waals surface area contributed by atoms with E-state index in [0.29, 0.717) is 17.2 Å². The Balaban J connectivity index is 2.42. The molecule has 2 rings (SSSR count). The van der Waals surface area contributed by atoms with E-state index in [2.05, 4.69) is 5.10 Å². The summed E-state index contributed by atoms with van der Waals surface area (Å²) < 4.78 is 12.2. The molecule has 0 aliphatic rings. The summed E-state index contributed by atoms with van der Waals surface area (Å²) in [5, 5.41) is 14.1. The van der Waals surface area contributed by atoms with E-state index in [0.717, 1.165) is 5.56 Å². The zero-order chi connectivity index (χ0) is 16.3. The van der Waals surface area contributed by atoms with Crippen LogP contribution in [-0.2, 0) is 11.8 Å². The SMILES string of the molecule is CCOC(=O)c1nn(C)c(Oc2ccc(C)cc2)c1C(C)O. The number of aliphatic hydroxyl groups is 1. The molecule has 6 heteroatoms. The lowest BCUT2D eigenvalue weighted by Crippen LogP contribution is -2.09. The van der Waals surface area contributed by atoms with Crippen LogP contribution >= 0.6 is 0 Å². The molecule has 0 bridgehead atoms. The molecular formula is C16H20N2O4. The van der Waals surface area contributed by atoms with Gasteiger partial charge in [-0.3, -0.25) is 0 Å². The number of esters is 1. The number of nitrogens with zero attached hydrogens (tertiary/aromatic N) is 2. The van der Waals surface area contributed by atoms with Gasteiger partial charge in [0.1, 0.15) is 5.75 Å². The van der Waals surface area contributed by atoms with Gasteiger partial charge in [0.2, 0.25) is 5.88 Å². The summed E-state index contributed by atoms with van der Waals surface area (Å²) in [6.45, 7) is 5.49. The number of hydrogen-bond acceptors (Lipinski definition) is 5. The number of ether oxygens (including phenoxy) is 2. The van der Waals surface area contributed by atoms with Crippen LogP contribution < -0.4 is 4.74 Å². The van der Waals surface area contributed by atoms with E-state index in [1.165, 1.54) is 4.68 Å². The number of aliphatic hydroxyl groups excluding tert-OH is 1. The third-order valence-electron chi connectivity index (χ3n) is 3.15. The first-order valence-electron chi connectivity index (χ1n) is 7.10. The minimum absolute atomic E-state index is 0.0708. The lowest BCUT2D eigenvalue weighted by atomic mass is 10.1. The molecular weight excluding hydrogens is 284 g/mol. The molecule has 6 nitrogen and oxygen atoms in total. The van der Waals surface area contributed by atoms with E-state index < -0.39 is 12.1 Å². The first-order chi connectivity index (χ1) is 10.4. The molecule has 0 spiro atoms. The van der Waals surface area contributed by atoms with Gasteiger partial charge in [-0.25, -0.2) is 9.48 Å². The summed E-state index contributed by atoms with van der Waals surface area (Å²) in [5.74, 6) is 0.348. The van der Waals surface area contributed by atoms with Crippen LogP contribution in [0.25, 0.3) is 0 Å². The monoisotopic (exact) mass is 304 g/mol. The van der Waals surface area contributed by atoms with Gasteiger partial charge < -0.3 is 14.6 Å². The lowest BCUT2D eigenvalue weighted by Gasteiger charge is -2.11. The maximum atomic E-state index is 12.0. The third-order valence-corrected chi connectivity index (χ3v) is 3.15. The smallest absolute Gasteiger partial charge is 0.359 e. The second-order valence-corrected chi connectivity index (χ2v) is 5.00. The largest absolute Gasteiger partial charge is 0.461 e. The van der Waals surface area contributed by atoms with Gasteiger partial charge in [-0.1, -0.05) is 17.7 Å². The summed E-state index contributed by atoms with van der Waals surface area (Å²) in [6.07, 6.45) is -0.909. The highest BCUT2D eigenvalue weighted by Gasteiger charge is 2.27. The number of aryl methyl sites for hydroxylation is 2. The minimum atomic E-state index is -0.909. The van der Waals surface area contributed by atoms with E-state index in [9.17, 15) is 9.90 Å². The molecule has 0 amide bonds. The van der Waals surface area contributed by atoms with E-state index >= 15 is 0 Å². The van der Waals surface area contributed by atoms with Crippen molar-refractivity contribution in [1.29, 1.82) is 0 Å². The number of benzene rings is 1. The standard InChI is InChI=1S/C16H20N2O4/c1-5-21-16(20)14-13(11(3)19)15(18(4)17-14)22-12-8-6-10(2)7-9-12/h6-9,11,19H,5H2,1-4H3. The molecule has 1 unspecified atom stereocenters. The van der Waals surface area contributed by atoms with Crippen molar-refractivity contribution in [3.05, 3.63) is 41.1 Å². The van der Waals surface area contributed by atoms with Crippen molar-refractivity contribution in [2.45, 2.75) is 26.9 Å². The Morgan fingerprint density at radius 2 is 2.00 bits per heavy atom. The topological polar surface area (TPSA) is 73.6 Å². The molecule has 1 aromatic heterocycles. The third kappa shape index (κ3) is 3.28. The average Bonchev–Trinajstić information content (AvgIpc) is 2.79. The molecule has 0 aliphatic heterocycles. The van der Waals surface area contributed by atoms with Crippen LogP contribution in [0.2, 0.25) is 0 Å². The van der Waals surface area contributed by atoms with Gasteiger partial charge in [0, 0.05) is 7.05 Å². The fourth-order valence-electron chi connectivity index (χ4n) is 2.09. The van der Waals surface area contributed by atoms with Gasteiger partial charge in [-0.2, -0.15) is 5.10 Å². The van der Waals surface area contributed by atoms with Crippen molar-refractivity contribution in [2.75, 3.05) is 6.61 Å². The van der Waals surface area contributed by atoms with Crippen LogP contribution in [0.3, 0.4) is 0 Å². The Labute approximate surface area is 129 Å². The molecule has 2 aromatic rings. The van der Waals surface area contributed by atoms with Gasteiger partial charge in [0.05, 0.1) is 18.3 Å². The van der Waals surface area contributed by atoms with Crippen molar-refractivity contribution < 1.29 is 19.4 Å². The summed E-state index contributed by atoms with van der Waals surface area (Å²) >= 11 is 0. The van der Waals surface area contributed by atoms with Crippen molar-refractivity contribution in [2.24, 2.45) is 7.05 Å². The van der Waals surface area contributed by atoms with Crippen LogP contribution in [0.15, 0.2) is 24.3 Å². The van der Waals surface area contributed by atoms with E-state index in [-0.39, 0.29) is 12.3 Å². The summed E-state index contributed by atoms with van der Waals surface area (Å²) in [5.41, 5.74) is 1.50. The van der Waals surface area contributed by atoms with Gasteiger partial charge in [-0.05, 0) is 32.9 Å². The molecule has 0 aliphatic carbocycles. The highest BCUT2D eigenvalue weighted by molar-refractivity contribution is 5.89. The molecule has 1 atom stereocenters. The van der Waals surface area contributed by atoms with Crippen molar-refractivity contribution in [1.82, 2.24) is 9.78 Å². The molecule has 0 radical (unpaired) electrons. The molecule has 0 saturated heterocycles. The molecule has 22 heavy (non-hydrogen) atoms. The maximum Gasteiger partial charge on any atom is 0.359 e. The number of hydrogen-bond donors (Lipinski definition) is 1. The van der Waals surface area contributed by atoms with Crippen LogP contribution in [-0.4, -0.2) is 27.5 Å². The predicted octanol–water partition coefficient (Wildman–Crippen LogP) is 2.75. The Morgan fingerprint density at radius 3 is 2.55 bits per heavy atom. The first-order valence-corrected chi connectivity index (χ1v) is 7.10. The molecule has 0 fully saturated rings. The summed E-state index contributed by atoms with van der Waals surface area (Å²) in [7, 11) is 1.65. The Morgan fingerprint density at radius 1 is 1.36 bits per heavy atom. The maximum absolute atomic E-state index is 12.0. The molecule has 1 aromatic carbocycles. The van der Waals surface area contributed by atoms with Crippen LogP contribution in [0.5, 0.6) is 11.6 Å². The number of aromatic nitrogens is 2. The molecule has 1 N–H and O–H groups in total. The van der Waals surface area contributed by atoms with Gasteiger partial charge >= 0.3 is 5.97 Å². The average molecular weight is 304 g/mol. The van der Waals surface area contributed by atoms with E-state index in [4.69, 9.17) is 9.47 Å². The van der Waals surface area contributed by atoms with E-state index in [1.54, 1.807) is 20.9 Å². The second-order valence-electron chi connectivity index (χ2n) is 5.00. The highest BCUT2D eigenvalue weighted by Crippen LogP contribution is 2.32. The van der Waals surface area contributed by atoms with Crippen LogP contribution in [0, 0.1) is 6.92 Å². The normalized spacial score (nSPS) is 12.0. The van der Waals surface area contributed by atoms with Gasteiger partial charge in [0.25, 0.3) is 0 Å². The van der Waals surface area contributed by atoms with Gasteiger partial charge in [0.15, 0.2) is 5.69 Å². The highest BCUT2D eigenvalue weighted by atomic mass is 16.5. The summed E-state index contributed by atoms with van der Waals surface area (Å²) in [6, 6.07) is 7.47. The number of carbonyl (C=O) groups excluding carboxylic acids is 1. The Bertz CT molecular complexity index is 660. The fourth-order valence-corrected chi connectivity index (χ4v) is 2.09. The van der Waals surface area contributed by atoms with E-state index in [1.807, 2.05) is 31.2 Å². The lowest BCUT2D eigenvalue weighted by molar-refractivity contribution is 0.0512. The van der Waals surface area contributed by atoms with Crippen LogP contribution in [0.4, 0.5) is 0 Å². The molecule has 1 heterocycles. The van der Waals surface area contributed by atoms with Gasteiger partial charge in [-0.15, -0.1) is 0 Å². The predicted molar refractivity (Wildman–Crippen MR) is 81.1 cm³/mol. The molecule has 118 valence electrons. The van der Waals surface area contributed by atoms with Crippen molar-refractivity contribution in [3.8, 4) is 11.6 Å². The van der Waals surface area contributed by atoms with Crippen LogP contribution in [0.1, 0.15) is 41.6 Å². The minimum Gasteiger partial charge on any atom is -0.461 e. The quantitative estimate of drug-likeness (QED) is 0.860. The fraction of sp³-hybridized carbons (Fsp3) is 0.375. The summed E-state index contributed by atoms with van der Waals surface area (Å²) in [4.78, 5) is 12.0.